The lowest BCUT2D eigenvalue weighted by molar-refractivity contribution is 0.665. The van der Waals surface area contributed by atoms with Gasteiger partial charge in [-0.2, -0.15) is 0 Å². The molecule has 0 radical (unpaired) electrons. The van der Waals surface area contributed by atoms with Crippen molar-refractivity contribution in [1.29, 1.82) is 0 Å². The summed E-state index contributed by atoms with van der Waals surface area (Å²) < 4.78 is 2.10. The monoisotopic (exact) mass is 299 g/mol. The standard InChI is InChI=1S/C17H18ClN3/c1-11-7-8-12(9-13(11)18)14(19)10-17-20-15-5-3-4-6-16(15)21(17)2/h3-9,14H,10,19H2,1-2H3. The highest BCUT2D eigenvalue weighted by molar-refractivity contribution is 6.31. The molecular formula is C17H18ClN3. The number of nitrogens with two attached hydrogens (primary N) is 1. The maximum atomic E-state index is 6.32. The van der Waals surface area contributed by atoms with Gasteiger partial charge in [0.15, 0.2) is 0 Å². The number of fused-ring (bicyclic) bond motifs is 1. The molecule has 0 amide bonds. The summed E-state index contributed by atoms with van der Waals surface area (Å²) in [4.78, 5) is 4.67. The minimum atomic E-state index is -0.112. The number of aromatic nitrogens is 2. The first-order chi connectivity index (χ1) is 10.1. The molecule has 0 bridgehead atoms. The van der Waals surface area contributed by atoms with E-state index >= 15 is 0 Å². The first-order valence-electron chi connectivity index (χ1n) is 6.98. The highest BCUT2D eigenvalue weighted by Crippen LogP contribution is 2.23. The molecule has 1 heterocycles. The molecule has 0 fully saturated rings. The number of nitrogens with zero attached hydrogens (tertiary/aromatic N) is 2. The van der Waals surface area contributed by atoms with Crippen molar-refractivity contribution >= 4 is 22.6 Å². The van der Waals surface area contributed by atoms with Gasteiger partial charge in [0.2, 0.25) is 0 Å². The van der Waals surface area contributed by atoms with Gasteiger partial charge in [0.1, 0.15) is 5.82 Å². The summed E-state index contributed by atoms with van der Waals surface area (Å²) in [6.07, 6.45) is 0.685. The Morgan fingerprint density at radius 2 is 2.00 bits per heavy atom. The Balaban J connectivity index is 1.90. The maximum Gasteiger partial charge on any atom is 0.111 e. The smallest absolute Gasteiger partial charge is 0.111 e. The van der Waals surface area contributed by atoms with Crippen LogP contribution in [0.5, 0.6) is 0 Å². The van der Waals surface area contributed by atoms with Crippen molar-refractivity contribution < 1.29 is 0 Å². The third-order valence-electron chi connectivity index (χ3n) is 3.91. The molecule has 0 spiro atoms. The van der Waals surface area contributed by atoms with E-state index < -0.39 is 0 Å². The van der Waals surface area contributed by atoms with Crippen molar-refractivity contribution in [3.8, 4) is 0 Å². The highest BCUT2D eigenvalue weighted by atomic mass is 35.5. The lowest BCUT2D eigenvalue weighted by atomic mass is 10.0. The molecule has 0 aliphatic heterocycles. The molecule has 0 aliphatic rings. The van der Waals surface area contributed by atoms with Crippen LogP contribution in [-0.2, 0) is 13.5 Å². The number of halogens is 1. The molecule has 3 nitrogen and oxygen atoms in total. The lowest BCUT2D eigenvalue weighted by Crippen LogP contribution is -2.15. The van der Waals surface area contributed by atoms with E-state index in [-0.39, 0.29) is 6.04 Å². The Hall–Kier alpha value is -1.84. The van der Waals surface area contributed by atoms with Crippen molar-refractivity contribution in [1.82, 2.24) is 9.55 Å². The quantitative estimate of drug-likeness (QED) is 0.800. The van der Waals surface area contributed by atoms with Gasteiger partial charge < -0.3 is 10.3 Å². The molecule has 0 saturated carbocycles. The average Bonchev–Trinajstić information content (AvgIpc) is 2.79. The van der Waals surface area contributed by atoms with E-state index in [0.717, 1.165) is 33.0 Å². The van der Waals surface area contributed by atoms with E-state index in [0.29, 0.717) is 6.42 Å². The van der Waals surface area contributed by atoms with Gasteiger partial charge in [-0.1, -0.05) is 35.9 Å². The number of hydrogen-bond donors (Lipinski definition) is 1. The van der Waals surface area contributed by atoms with E-state index in [4.69, 9.17) is 17.3 Å². The Kier molecular flexibility index (Phi) is 3.70. The first-order valence-corrected chi connectivity index (χ1v) is 7.36. The van der Waals surface area contributed by atoms with Gasteiger partial charge in [0, 0.05) is 24.5 Å². The van der Waals surface area contributed by atoms with Crippen LogP contribution in [0.15, 0.2) is 42.5 Å². The van der Waals surface area contributed by atoms with E-state index in [2.05, 4.69) is 15.6 Å². The number of imidazole rings is 1. The zero-order chi connectivity index (χ0) is 15.0. The van der Waals surface area contributed by atoms with Crippen LogP contribution in [0.3, 0.4) is 0 Å². The number of benzene rings is 2. The largest absolute Gasteiger partial charge is 0.331 e. The van der Waals surface area contributed by atoms with Crippen molar-refractivity contribution in [2.75, 3.05) is 0 Å². The molecule has 1 unspecified atom stereocenters. The second-order valence-corrected chi connectivity index (χ2v) is 5.80. The summed E-state index contributed by atoms with van der Waals surface area (Å²) >= 11 is 6.18. The van der Waals surface area contributed by atoms with E-state index in [1.165, 1.54) is 0 Å². The second-order valence-electron chi connectivity index (χ2n) is 5.40. The molecule has 3 aromatic rings. The molecule has 1 atom stereocenters. The number of aryl methyl sites for hydroxylation is 2. The fourth-order valence-electron chi connectivity index (χ4n) is 2.53. The Bertz CT molecular complexity index is 792. The third-order valence-corrected chi connectivity index (χ3v) is 4.31. The second kappa shape index (κ2) is 5.51. The Labute approximate surface area is 129 Å². The fourth-order valence-corrected chi connectivity index (χ4v) is 2.72. The van der Waals surface area contributed by atoms with Crippen LogP contribution in [0.4, 0.5) is 0 Å². The van der Waals surface area contributed by atoms with Gasteiger partial charge in [-0.15, -0.1) is 0 Å². The molecular weight excluding hydrogens is 282 g/mol. The molecule has 2 N–H and O–H groups in total. The molecule has 3 rings (SSSR count). The highest BCUT2D eigenvalue weighted by Gasteiger charge is 2.13. The van der Waals surface area contributed by atoms with Gasteiger partial charge >= 0.3 is 0 Å². The molecule has 108 valence electrons. The fraction of sp³-hybridized carbons (Fsp3) is 0.235. The molecule has 1 aromatic heterocycles. The molecule has 21 heavy (non-hydrogen) atoms. The van der Waals surface area contributed by atoms with Gasteiger partial charge in [-0.05, 0) is 36.2 Å². The van der Waals surface area contributed by atoms with E-state index in [1.54, 1.807) is 0 Å². The zero-order valence-electron chi connectivity index (χ0n) is 12.2. The normalized spacial score (nSPS) is 12.8. The SMILES string of the molecule is Cc1ccc(C(N)Cc2nc3ccccc3n2C)cc1Cl. The summed E-state index contributed by atoms with van der Waals surface area (Å²) in [5.74, 6) is 0.986. The molecule has 0 aliphatic carbocycles. The van der Waals surface area contributed by atoms with Crippen LogP contribution < -0.4 is 5.73 Å². The minimum absolute atomic E-state index is 0.112. The Morgan fingerprint density at radius 1 is 1.24 bits per heavy atom. The van der Waals surface area contributed by atoms with Crippen LogP contribution in [0.1, 0.15) is 23.0 Å². The van der Waals surface area contributed by atoms with Crippen molar-refractivity contribution in [3.05, 3.63) is 64.4 Å². The Morgan fingerprint density at radius 3 is 2.71 bits per heavy atom. The summed E-state index contributed by atoms with van der Waals surface area (Å²) in [5, 5.41) is 0.757. The average molecular weight is 300 g/mol. The molecule has 4 heteroatoms. The zero-order valence-corrected chi connectivity index (χ0v) is 12.9. The summed E-state index contributed by atoms with van der Waals surface area (Å²) in [6, 6.07) is 14.0. The summed E-state index contributed by atoms with van der Waals surface area (Å²) in [5.41, 5.74) is 10.6. The van der Waals surface area contributed by atoms with Crippen molar-refractivity contribution in [2.24, 2.45) is 12.8 Å². The van der Waals surface area contributed by atoms with Crippen LogP contribution in [-0.4, -0.2) is 9.55 Å². The van der Waals surface area contributed by atoms with E-state index in [1.807, 2.05) is 50.4 Å². The van der Waals surface area contributed by atoms with Gasteiger partial charge in [0.05, 0.1) is 11.0 Å². The van der Waals surface area contributed by atoms with Crippen LogP contribution in [0.2, 0.25) is 5.02 Å². The number of para-hydroxylation sites is 2. The van der Waals surface area contributed by atoms with Crippen molar-refractivity contribution in [3.63, 3.8) is 0 Å². The maximum absolute atomic E-state index is 6.32. The molecule has 2 aromatic carbocycles. The van der Waals surface area contributed by atoms with E-state index in [9.17, 15) is 0 Å². The lowest BCUT2D eigenvalue weighted by Gasteiger charge is -2.13. The predicted molar refractivity (Wildman–Crippen MR) is 87.5 cm³/mol. The topological polar surface area (TPSA) is 43.8 Å². The van der Waals surface area contributed by atoms with Crippen molar-refractivity contribution in [2.45, 2.75) is 19.4 Å². The summed E-state index contributed by atoms with van der Waals surface area (Å²) in [7, 11) is 2.03. The number of hydrogen-bond acceptors (Lipinski definition) is 2. The van der Waals surface area contributed by atoms with Gasteiger partial charge in [-0.3, -0.25) is 0 Å². The summed E-state index contributed by atoms with van der Waals surface area (Å²) in [6.45, 7) is 1.99. The van der Waals surface area contributed by atoms with Gasteiger partial charge in [0.25, 0.3) is 0 Å². The van der Waals surface area contributed by atoms with Crippen LogP contribution in [0.25, 0.3) is 11.0 Å². The number of rotatable bonds is 3. The predicted octanol–water partition coefficient (Wildman–Crippen LogP) is 3.78. The minimum Gasteiger partial charge on any atom is -0.331 e. The van der Waals surface area contributed by atoms with Crippen LogP contribution in [0, 0.1) is 6.92 Å². The third kappa shape index (κ3) is 2.67. The first kappa shape index (κ1) is 14.1. The van der Waals surface area contributed by atoms with Gasteiger partial charge in [-0.25, -0.2) is 4.98 Å². The van der Waals surface area contributed by atoms with Crippen LogP contribution >= 0.6 is 11.6 Å². The molecule has 0 saturated heterocycles.